The Morgan fingerprint density at radius 1 is 0.968 bits per heavy atom. The van der Waals surface area contributed by atoms with Crippen LogP contribution in [0.2, 0.25) is 0 Å². The van der Waals surface area contributed by atoms with Crippen LogP contribution in [-0.4, -0.2) is 29.0 Å². The zero-order valence-corrected chi connectivity index (χ0v) is 16.1. The van der Waals surface area contributed by atoms with Crippen LogP contribution in [0.15, 0.2) is 42.6 Å². The third kappa shape index (κ3) is 5.41. The van der Waals surface area contributed by atoms with Crippen molar-refractivity contribution in [2.24, 2.45) is 0 Å². The number of benzene rings is 2. The number of amides is 1. The molecule has 1 N–H and O–H groups in total. The van der Waals surface area contributed by atoms with E-state index in [1.54, 1.807) is 0 Å². The molecular weight excluding hydrogens is 418 g/mol. The lowest BCUT2D eigenvalue weighted by molar-refractivity contribution is -0.139. The van der Waals surface area contributed by atoms with Gasteiger partial charge >= 0.3 is 5.97 Å². The maximum absolute atomic E-state index is 13.8. The van der Waals surface area contributed by atoms with E-state index in [0.717, 1.165) is 7.11 Å². The molecule has 2 aromatic carbocycles. The van der Waals surface area contributed by atoms with E-state index < -0.39 is 47.1 Å². The summed E-state index contributed by atoms with van der Waals surface area (Å²) in [6.07, 6.45) is 0.188. The van der Waals surface area contributed by atoms with E-state index in [1.807, 2.05) is 0 Å². The zero-order valence-electron chi connectivity index (χ0n) is 16.1. The molecule has 0 fully saturated rings. The maximum atomic E-state index is 13.8. The molecule has 1 aromatic heterocycles. The van der Waals surface area contributed by atoms with E-state index >= 15 is 0 Å². The Labute approximate surface area is 173 Å². The number of rotatable bonds is 6. The predicted molar refractivity (Wildman–Crippen MR) is 102 cm³/mol. The SMILES string of the molecule is COC(=O)Cc1nc(-c2ccc(F)cc2)cnc1NC(=O)Cc1c(F)cc(F)cc1F. The van der Waals surface area contributed by atoms with Gasteiger partial charge in [-0.25, -0.2) is 27.5 Å². The Kier molecular flexibility index (Phi) is 6.58. The lowest BCUT2D eigenvalue weighted by Crippen LogP contribution is -2.20. The van der Waals surface area contributed by atoms with Crippen LogP contribution in [0.4, 0.5) is 23.4 Å². The third-order valence-electron chi connectivity index (χ3n) is 4.23. The first-order chi connectivity index (χ1) is 14.8. The van der Waals surface area contributed by atoms with Gasteiger partial charge in [-0.3, -0.25) is 9.59 Å². The van der Waals surface area contributed by atoms with Gasteiger partial charge in [-0.05, 0) is 24.3 Å². The molecule has 0 unspecified atom stereocenters. The molecule has 1 heterocycles. The minimum atomic E-state index is -1.21. The number of hydrogen-bond donors (Lipinski definition) is 1. The summed E-state index contributed by atoms with van der Waals surface area (Å²) >= 11 is 0. The number of halogens is 4. The highest BCUT2D eigenvalue weighted by atomic mass is 19.1. The van der Waals surface area contributed by atoms with Gasteiger partial charge in [-0.2, -0.15) is 0 Å². The van der Waals surface area contributed by atoms with E-state index in [2.05, 4.69) is 20.0 Å². The molecule has 0 radical (unpaired) electrons. The average molecular weight is 433 g/mol. The fourth-order valence-electron chi connectivity index (χ4n) is 2.70. The lowest BCUT2D eigenvalue weighted by Gasteiger charge is -2.11. The van der Waals surface area contributed by atoms with Crippen molar-refractivity contribution in [3.63, 3.8) is 0 Å². The van der Waals surface area contributed by atoms with E-state index in [4.69, 9.17) is 0 Å². The lowest BCUT2D eigenvalue weighted by atomic mass is 10.1. The molecule has 0 saturated heterocycles. The molecule has 3 rings (SSSR count). The number of nitrogens with one attached hydrogen (secondary N) is 1. The molecule has 160 valence electrons. The molecule has 3 aromatic rings. The number of esters is 1. The molecule has 0 atom stereocenters. The summed E-state index contributed by atoms with van der Waals surface area (Å²) in [5.74, 6) is -5.63. The van der Waals surface area contributed by atoms with Gasteiger partial charge in [0, 0.05) is 23.3 Å². The Morgan fingerprint density at radius 2 is 1.61 bits per heavy atom. The molecule has 1 amide bonds. The van der Waals surface area contributed by atoms with E-state index in [9.17, 15) is 27.2 Å². The normalized spacial score (nSPS) is 10.6. The van der Waals surface area contributed by atoms with Crippen molar-refractivity contribution in [1.29, 1.82) is 0 Å². The largest absolute Gasteiger partial charge is 0.469 e. The van der Waals surface area contributed by atoms with Crippen molar-refractivity contribution in [3.8, 4) is 11.3 Å². The maximum Gasteiger partial charge on any atom is 0.311 e. The van der Waals surface area contributed by atoms with E-state index in [-0.39, 0.29) is 17.9 Å². The van der Waals surface area contributed by atoms with Gasteiger partial charge in [0.05, 0.1) is 37.5 Å². The van der Waals surface area contributed by atoms with Crippen molar-refractivity contribution >= 4 is 17.7 Å². The summed E-state index contributed by atoms with van der Waals surface area (Å²) in [4.78, 5) is 32.4. The molecular formula is C21H15F4N3O3. The van der Waals surface area contributed by atoms with Gasteiger partial charge in [0.2, 0.25) is 5.91 Å². The summed E-state index contributed by atoms with van der Waals surface area (Å²) in [5, 5.41) is 2.34. The quantitative estimate of drug-likeness (QED) is 0.475. The van der Waals surface area contributed by atoms with Gasteiger partial charge < -0.3 is 10.1 Å². The van der Waals surface area contributed by atoms with E-state index in [1.165, 1.54) is 30.5 Å². The number of methoxy groups -OCH3 is 1. The van der Waals surface area contributed by atoms with Gasteiger partial charge in [0.25, 0.3) is 0 Å². The molecule has 6 nitrogen and oxygen atoms in total. The number of hydrogen-bond acceptors (Lipinski definition) is 5. The molecule has 10 heteroatoms. The van der Waals surface area contributed by atoms with Gasteiger partial charge in [-0.1, -0.05) is 0 Å². The zero-order chi connectivity index (χ0) is 22.5. The minimum Gasteiger partial charge on any atom is -0.469 e. The smallest absolute Gasteiger partial charge is 0.311 e. The Bertz CT molecular complexity index is 1110. The summed E-state index contributed by atoms with van der Waals surface area (Å²) < 4.78 is 58.4. The highest BCUT2D eigenvalue weighted by molar-refractivity contribution is 5.92. The van der Waals surface area contributed by atoms with Crippen LogP contribution in [0.1, 0.15) is 11.3 Å². The second-order valence-corrected chi connectivity index (χ2v) is 6.38. The van der Waals surface area contributed by atoms with Gasteiger partial charge in [0.15, 0.2) is 5.82 Å². The number of aromatic nitrogens is 2. The molecule has 0 bridgehead atoms. The number of ether oxygens (including phenoxy) is 1. The van der Waals surface area contributed by atoms with Crippen molar-refractivity contribution in [2.45, 2.75) is 12.8 Å². The van der Waals surface area contributed by atoms with Crippen molar-refractivity contribution in [2.75, 3.05) is 12.4 Å². The summed E-state index contributed by atoms with van der Waals surface area (Å²) in [6.45, 7) is 0. The van der Waals surface area contributed by atoms with Crippen LogP contribution in [-0.2, 0) is 27.2 Å². The topological polar surface area (TPSA) is 81.2 Å². The van der Waals surface area contributed by atoms with Crippen LogP contribution < -0.4 is 5.32 Å². The number of nitrogens with zero attached hydrogens (tertiary/aromatic N) is 2. The Morgan fingerprint density at radius 3 is 2.23 bits per heavy atom. The second-order valence-electron chi connectivity index (χ2n) is 6.38. The fourth-order valence-corrected chi connectivity index (χ4v) is 2.70. The standard InChI is InChI=1S/C21H15F4N3O3/c1-31-20(30)9-17-21(26-10-18(27-17)11-2-4-12(22)5-3-11)28-19(29)8-14-15(24)6-13(23)7-16(14)25/h2-7,10H,8-9H2,1H3,(H,26,28,29). The van der Waals surface area contributed by atoms with Crippen molar-refractivity contribution in [1.82, 2.24) is 9.97 Å². The molecule has 0 spiro atoms. The summed E-state index contributed by atoms with van der Waals surface area (Å²) in [7, 11) is 1.16. The fraction of sp³-hybridized carbons (Fsp3) is 0.143. The van der Waals surface area contributed by atoms with Crippen LogP contribution >= 0.6 is 0 Å². The van der Waals surface area contributed by atoms with Crippen LogP contribution in [0.3, 0.4) is 0 Å². The third-order valence-corrected chi connectivity index (χ3v) is 4.23. The number of carbonyl (C=O) groups excluding carboxylic acids is 2. The first kappa shape index (κ1) is 21.9. The minimum absolute atomic E-state index is 0.0297. The van der Waals surface area contributed by atoms with E-state index in [0.29, 0.717) is 23.4 Å². The van der Waals surface area contributed by atoms with Crippen molar-refractivity contribution in [3.05, 3.63) is 77.1 Å². The highest BCUT2D eigenvalue weighted by Crippen LogP contribution is 2.22. The molecule has 0 aliphatic carbocycles. The van der Waals surface area contributed by atoms with Crippen LogP contribution in [0, 0.1) is 23.3 Å². The molecule has 0 saturated carbocycles. The molecule has 31 heavy (non-hydrogen) atoms. The number of carbonyl (C=O) groups is 2. The molecule has 0 aliphatic heterocycles. The summed E-state index contributed by atoms with van der Waals surface area (Å²) in [6, 6.07) is 6.29. The first-order valence-corrected chi connectivity index (χ1v) is 8.88. The predicted octanol–water partition coefficient (Wildman–Crippen LogP) is 3.60. The van der Waals surface area contributed by atoms with Crippen LogP contribution in [0.25, 0.3) is 11.3 Å². The van der Waals surface area contributed by atoms with Crippen LogP contribution in [0.5, 0.6) is 0 Å². The molecule has 0 aliphatic rings. The summed E-state index contributed by atoms with van der Waals surface area (Å²) in [5.41, 5.74) is 0.215. The van der Waals surface area contributed by atoms with Gasteiger partial charge in [0.1, 0.15) is 23.3 Å². The average Bonchev–Trinajstić information content (AvgIpc) is 2.72. The van der Waals surface area contributed by atoms with Gasteiger partial charge in [-0.15, -0.1) is 0 Å². The van der Waals surface area contributed by atoms with Crippen molar-refractivity contribution < 1.29 is 31.9 Å². The number of anilines is 1. The second kappa shape index (κ2) is 9.33. The Balaban J connectivity index is 1.88. The highest BCUT2D eigenvalue weighted by Gasteiger charge is 2.19. The Hall–Kier alpha value is -3.82. The first-order valence-electron chi connectivity index (χ1n) is 8.88. The monoisotopic (exact) mass is 433 g/mol.